The second-order valence-corrected chi connectivity index (χ2v) is 3.47. The van der Waals surface area contributed by atoms with Crippen molar-refractivity contribution in [2.45, 2.75) is 6.04 Å². The molecule has 0 saturated heterocycles. The molecular weight excluding hydrogens is 225 g/mol. The molecule has 1 unspecified atom stereocenters. The Labute approximate surface area is 96.3 Å². The van der Waals surface area contributed by atoms with Crippen molar-refractivity contribution in [3.8, 4) is 5.69 Å². The lowest BCUT2D eigenvalue weighted by Crippen LogP contribution is -2.20. The molecule has 6 heteroatoms. The molecule has 0 saturated carbocycles. The second kappa shape index (κ2) is 4.34. The van der Waals surface area contributed by atoms with Crippen molar-refractivity contribution in [2.75, 3.05) is 0 Å². The number of benzene rings is 1. The van der Waals surface area contributed by atoms with Crippen LogP contribution in [-0.4, -0.2) is 20.6 Å². The minimum absolute atomic E-state index is 0.181. The zero-order chi connectivity index (χ0) is 12.4. The fourth-order valence-corrected chi connectivity index (χ4v) is 1.42. The topological polar surface area (TPSA) is 81.1 Å². The van der Waals surface area contributed by atoms with Gasteiger partial charge in [0.1, 0.15) is 11.9 Å². The van der Waals surface area contributed by atoms with Gasteiger partial charge in [0.15, 0.2) is 0 Å². The molecular formula is C11H10FN3O2. The van der Waals surface area contributed by atoms with Crippen LogP contribution in [0.4, 0.5) is 4.39 Å². The van der Waals surface area contributed by atoms with Crippen LogP contribution in [0.2, 0.25) is 0 Å². The molecule has 2 rings (SSSR count). The fourth-order valence-electron chi connectivity index (χ4n) is 1.42. The van der Waals surface area contributed by atoms with E-state index in [0.717, 1.165) is 0 Å². The van der Waals surface area contributed by atoms with Gasteiger partial charge >= 0.3 is 5.97 Å². The van der Waals surface area contributed by atoms with E-state index in [4.69, 9.17) is 10.8 Å². The van der Waals surface area contributed by atoms with Crippen molar-refractivity contribution >= 4 is 5.97 Å². The Morgan fingerprint density at radius 3 is 2.82 bits per heavy atom. The molecule has 0 aliphatic carbocycles. The number of carboxylic acid groups (broad SMARTS) is 1. The van der Waals surface area contributed by atoms with Gasteiger partial charge < -0.3 is 15.4 Å². The summed E-state index contributed by atoms with van der Waals surface area (Å²) in [5.74, 6) is -1.59. The normalized spacial score (nSPS) is 12.4. The smallest absolute Gasteiger partial charge is 0.326 e. The molecule has 88 valence electrons. The van der Waals surface area contributed by atoms with Gasteiger partial charge in [-0.15, -0.1) is 0 Å². The van der Waals surface area contributed by atoms with Crippen LogP contribution in [0.25, 0.3) is 5.69 Å². The number of halogens is 1. The van der Waals surface area contributed by atoms with Gasteiger partial charge in [-0.3, -0.25) is 4.79 Å². The van der Waals surface area contributed by atoms with E-state index in [0.29, 0.717) is 5.69 Å². The zero-order valence-electron chi connectivity index (χ0n) is 8.75. The van der Waals surface area contributed by atoms with E-state index in [2.05, 4.69) is 4.98 Å². The predicted molar refractivity (Wildman–Crippen MR) is 58.1 cm³/mol. The summed E-state index contributed by atoms with van der Waals surface area (Å²) in [6, 6.07) is 4.91. The number of nitrogens with two attached hydrogens (primary N) is 1. The molecule has 0 aliphatic heterocycles. The summed E-state index contributed by atoms with van der Waals surface area (Å²) in [5, 5.41) is 8.72. The van der Waals surface area contributed by atoms with Crippen LogP contribution in [0.15, 0.2) is 36.8 Å². The molecule has 1 atom stereocenters. The van der Waals surface area contributed by atoms with Crippen molar-refractivity contribution in [2.24, 2.45) is 5.73 Å². The van der Waals surface area contributed by atoms with Gasteiger partial charge in [-0.1, -0.05) is 12.1 Å². The van der Waals surface area contributed by atoms with Gasteiger partial charge in [0.05, 0.1) is 17.7 Å². The molecule has 0 aliphatic rings. The first-order valence-electron chi connectivity index (χ1n) is 4.87. The minimum Gasteiger partial charge on any atom is -0.480 e. The molecule has 5 nitrogen and oxygen atoms in total. The highest BCUT2D eigenvalue weighted by Crippen LogP contribution is 2.15. The van der Waals surface area contributed by atoms with Crippen LogP contribution < -0.4 is 5.73 Å². The van der Waals surface area contributed by atoms with E-state index in [1.54, 1.807) is 18.2 Å². The molecule has 0 fully saturated rings. The quantitative estimate of drug-likeness (QED) is 0.834. The Morgan fingerprint density at radius 2 is 2.18 bits per heavy atom. The van der Waals surface area contributed by atoms with Crippen LogP contribution in [0.5, 0.6) is 0 Å². The molecule has 0 radical (unpaired) electrons. The average molecular weight is 235 g/mol. The summed E-state index contributed by atoms with van der Waals surface area (Å²) in [6.45, 7) is 0. The highest BCUT2D eigenvalue weighted by atomic mass is 19.1. The molecule has 0 amide bonds. The van der Waals surface area contributed by atoms with Gasteiger partial charge in [0.25, 0.3) is 0 Å². The molecule has 3 N–H and O–H groups in total. The highest BCUT2D eigenvalue weighted by molar-refractivity contribution is 5.74. The largest absolute Gasteiger partial charge is 0.480 e. The highest BCUT2D eigenvalue weighted by Gasteiger charge is 2.17. The lowest BCUT2D eigenvalue weighted by Gasteiger charge is -2.03. The zero-order valence-corrected chi connectivity index (χ0v) is 8.75. The summed E-state index contributed by atoms with van der Waals surface area (Å²) in [4.78, 5) is 14.5. The summed E-state index contributed by atoms with van der Waals surface area (Å²) in [6.07, 6.45) is 2.73. The number of hydrogen-bond donors (Lipinski definition) is 2. The third kappa shape index (κ3) is 2.16. The van der Waals surface area contributed by atoms with E-state index >= 15 is 0 Å². The first-order chi connectivity index (χ1) is 8.09. The Morgan fingerprint density at radius 1 is 1.47 bits per heavy atom. The Kier molecular flexibility index (Phi) is 2.88. The van der Waals surface area contributed by atoms with Gasteiger partial charge in [-0.25, -0.2) is 9.37 Å². The van der Waals surface area contributed by atoms with Crippen LogP contribution in [0.3, 0.4) is 0 Å². The van der Waals surface area contributed by atoms with Crippen molar-refractivity contribution < 1.29 is 14.3 Å². The molecule has 0 spiro atoms. The third-order valence-corrected chi connectivity index (χ3v) is 2.32. The Balaban J connectivity index is 2.37. The van der Waals surface area contributed by atoms with Crippen molar-refractivity contribution in [3.63, 3.8) is 0 Å². The number of nitrogens with zero attached hydrogens (tertiary/aromatic N) is 2. The molecule has 17 heavy (non-hydrogen) atoms. The Bertz CT molecular complexity index is 553. The maximum atomic E-state index is 13.4. The first kappa shape index (κ1) is 11.3. The van der Waals surface area contributed by atoms with E-state index in [1.807, 2.05) is 0 Å². The number of aromatic nitrogens is 2. The van der Waals surface area contributed by atoms with Gasteiger partial charge in [0, 0.05) is 6.20 Å². The van der Waals surface area contributed by atoms with E-state index in [9.17, 15) is 9.18 Å². The summed E-state index contributed by atoms with van der Waals surface area (Å²) >= 11 is 0. The van der Waals surface area contributed by atoms with Crippen molar-refractivity contribution in [1.82, 2.24) is 9.55 Å². The van der Waals surface area contributed by atoms with Gasteiger partial charge in [0.2, 0.25) is 0 Å². The average Bonchev–Trinajstić information content (AvgIpc) is 2.77. The van der Waals surface area contributed by atoms with Gasteiger partial charge in [-0.2, -0.15) is 0 Å². The predicted octanol–water partition coefficient (Wildman–Crippen LogP) is 1.10. The van der Waals surface area contributed by atoms with Crippen LogP contribution in [0.1, 0.15) is 11.7 Å². The molecule has 1 heterocycles. The van der Waals surface area contributed by atoms with Crippen molar-refractivity contribution in [1.29, 1.82) is 0 Å². The SMILES string of the molecule is NC(C(=O)O)c1cn(-c2ccccc2F)cn1. The monoisotopic (exact) mass is 235 g/mol. The summed E-state index contributed by atoms with van der Waals surface area (Å²) in [7, 11) is 0. The second-order valence-electron chi connectivity index (χ2n) is 3.47. The minimum atomic E-state index is -1.21. The fraction of sp³-hybridized carbons (Fsp3) is 0.0909. The number of hydrogen-bond acceptors (Lipinski definition) is 3. The number of rotatable bonds is 3. The maximum Gasteiger partial charge on any atom is 0.326 e. The van der Waals surface area contributed by atoms with E-state index < -0.39 is 17.8 Å². The molecule has 0 bridgehead atoms. The van der Waals surface area contributed by atoms with E-state index in [1.165, 1.54) is 23.2 Å². The number of carbonyl (C=O) groups is 1. The third-order valence-electron chi connectivity index (χ3n) is 2.32. The van der Waals surface area contributed by atoms with Crippen molar-refractivity contribution in [3.05, 3.63) is 48.3 Å². The number of para-hydroxylation sites is 1. The number of imidazole rings is 1. The lowest BCUT2D eigenvalue weighted by atomic mass is 10.2. The number of carboxylic acids is 1. The number of aliphatic carboxylic acids is 1. The molecule has 1 aromatic heterocycles. The standard InChI is InChI=1S/C11H10FN3O2/c12-7-3-1-2-4-9(7)15-5-8(14-6-15)10(13)11(16)17/h1-6,10H,13H2,(H,16,17). The first-order valence-corrected chi connectivity index (χ1v) is 4.87. The molecule has 2 aromatic rings. The molecule has 1 aromatic carbocycles. The summed E-state index contributed by atoms with van der Waals surface area (Å²) < 4.78 is 14.8. The van der Waals surface area contributed by atoms with E-state index in [-0.39, 0.29) is 5.69 Å². The van der Waals surface area contributed by atoms with Crippen LogP contribution >= 0.6 is 0 Å². The van der Waals surface area contributed by atoms with Gasteiger partial charge in [-0.05, 0) is 12.1 Å². The Hall–Kier alpha value is -2.21. The maximum absolute atomic E-state index is 13.4. The van der Waals surface area contributed by atoms with Crippen LogP contribution in [0, 0.1) is 5.82 Å². The van der Waals surface area contributed by atoms with Crippen LogP contribution in [-0.2, 0) is 4.79 Å². The lowest BCUT2D eigenvalue weighted by molar-refractivity contribution is -0.138. The summed E-state index contributed by atoms with van der Waals surface area (Å²) in [5.41, 5.74) is 5.87.